The van der Waals surface area contributed by atoms with Crippen LogP contribution in [0.4, 0.5) is 0 Å². The van der Waals surface area contributed by atoms with E-state index in [0.29, 0.717) is 11.5 Å². The maximum Gasteiger partial charge on any atom is 0.409 e. The minimum Gasteiger partial charge on any atom is -0.370 e. The molecule has 0 radical (unpaired) electrons. The van der Waals surface area contributed by atoms with Gasteiger partial charge in [0.2, 0.25) is 0 Å². The van der Waals surface area contributed by atoms with E-state index in [0.717, 1.165) is 4.31 Å². The highest BCUT2D eigenvalue weighted by Crippen LogP contribution is 2.23. The van der Waals surface area contributed by atoms with Crippen LogP contribution >= 0.6 is 0 Å². The first-order valence-corrected chi connectivity index (χ1v) is 4.17. The average molecular weight is 163 g/mol. The second-order valence-electron chi connectivity index (χ2n) is 2.15. The van der Waals surface area contributed by atoms with Gasteiger partial charge in [0.15, 0.2) is 0 Å². The molecule has 5 heteroatoms. The molecule has 0 saturated carbocycles. The molecule has 0 unspecified atom stereocenters. The fourth-order valence-electron chi connectivity index (χ4n) is 0.664. The van der Waals surface area contributed by atoms with Crippen molar-refractivity contribution in [3.05, 3.63) is 11.5 Å². The summed E-state index contributed by atoms with van der Waals surface area (Å²) >= 11 is 0. The lowest BCUT2D eigenvalue weighted by atomic mass is 10.4. The third kappa shape index (κ3) is 0.862. The van der Waals surface area contributed by atoms with Gasteiger partial charge in [-0.3, -0.25) is 0 Å². The van der Waals surface area contributed by atoms with Crippen molar-refractivity contribution in [2.45, 2.75) is 13.8 Å². The summed E-state index contributed by atoms with van der Waals surface area (Å²) in [6.45, 7) is 3.32. The molecule has 0 N–H and O–H groups in total. The Morgan fingerprint density at radius 2 is 1.90 bits per heavy atom. The Morgan fingerprint density at radius 3 is 2.00 bits per heavy atom. The zero-order chi connectivity index (χ0) is 7.94. The summed E-state index contributed by atoms with van der Waals surface area (Å²) in [5.74, 6) is 0.447. The average Bonchev–Trinajstić information content (AvgIpc) is 1.95. The Labute approximate surface area is 60.3 Å². The summed E-state index contributed by atoms with van der Waals surface area (Å²) in [5, 5.41) is 0. The first kappa shape index (κ1) is 7.40. The van der Waals surface area contributed by atoms with Crippen LogP contribution in [0.15, 0.2) is 11.5 Å². The number of hydrogen-bond donors (Lipinski definition) is 0. The van der Waals surface area contributed by atoms with Crippen LogP contribution in [-0.2, 0) is 14.5 Å². The van der Waals surface area contributed by atoms with Gasteiger partial charge >= 0.3 is 10.3 Å². The van der Waals surface area contributed by atoms with E-state index in [4.69, 9.17) is 0 Å². The molecule has 58 valence electrons. The number of allylic oxidation sites excluding steroid dienone is 2. The summed E-state index contributed by atoms with van der Waals surface area (Å²) in [4.78, 5) is 0. The van der Waals surface area contributed by atoms with E-state index in [9.17, 15) is 8.42 Å². The standard InChI is InChI=1S/C5H9NO3S/c1-4-5(2)9-10(7,8)6(4)3/h1-3H3. The van der Waals surface area contributed by atoms with Crippen molar-refractivity contribution in [1.82, 2.24) is 4.31 Å². The molecule has 0 aromatic carbocycles. The first-order chi connectivity index (χ1) is 4.45. The van der Waals surface area contributed by atoms with Gasteiger partial charge in [0.1, 0.15) is 5.76 Å². The molecule has 10 heavy (non-hydrogen) atoms. The van der Waals surface area contributed by atoms with Crippen molar-refractivity contribution in [3.63, 3.8) is 0 Å². The lowest BCUT2D eigenvalue weighted by Crippen LogP contribution is -2.19. The molecule has 0 fully saturated rings. The van der Waals surface area contributed by atoms with E-state index in [2.05, 4.69) is 4.18 Å². The maximum absolute atomic E-state index is 10.8. The molecule has 1 aliphatic rings. The molecular weight excluding hydrogens is 154 g/mol. The molecule has 0 aliphatic carbocycles. The van der Waals surface area contributed by atoms with E-state index in [-0.39, 0.29) is 0 Å². The van der Waals surface area contributed by atoms with E-state index in [1.54, 1.807) is 13.8 Å². The largest absolute Gasteiger partial charge is 0.409 e. The van der Waals surface area contributed by atoms with Crippen LogP contribution in [0.2, 0.25) is 0 Å². The predicted molar refractivity (Wildman–Crippen MR) is 36.1 cm³/mol. The Morgan fingerprint density at radius 1 is 1.40 bits per heavy atom. The molecule has 0 aromatic heterocycles. The number of rotatable bonds is 0. The van der Waals surface area contributed by atoms with Crippen LogP contribution in [0.1, 0.15) is 13.8 Å². The minimum absolute atomic E-state index is 0.447. The Bertz CT molecular complexity index is 277. The van der Waals surface area contributed by atoms with Crippen LogP contribution < -0.4 is 0 Å². The monoisotopic (exact) mass is 163 g/mol. The fourth-order valence-corrected chi connectivity index (χ4v) is 1.68. The molecular formula is C5H9NO3S. The SMILES string of the molecule is CC1=C(C)N(C)S(=O)(=O)O1. The highest BCUT2D eigenvalue weighted by molar-refractivity contribution is 7.84. The second-order valence-corrected chi connectivity index (χ2v) is 3.72. The summed E-state index contributed by atoms with van der Waals surface area (Å²) in [6.07, 6.45) is 0. The molecule has 0 saturated heterocycles. The van der Waals surface area contributed by atoms with E-state index in [1.165, 1.54) is 7.05 Å². The van der Waals surface area contributed by atoms with Gasteiger partial charge in [-0.15, -0.1) is 0 Å². The quantitative estimate of drug-likeness (QED) is 0.520. The lowest BCUT2D eigenvalue weighted by Gasteiger charge is -2.06. The van der Waals surface area contributed by atoms with Gasteiger partial charge in [-0.2, -0.15) is 8.42 Å². The second kappa shape index (κ2) is 1.88. The van der Waals surface area contributed by atoms with Crippen molar-refractivity contribution >= 4 is 10.3 Å². The maximum atomic E-state index is 10.8. The van der Waals surface area contributed by atoms with Gasteiger partial charge in [0.25, 0.3) is 0 Å². The molecule has 4 nitrogen and oxygen atoms in total. The Hall–Kier alpha value is -0.710. The van der Waals surface area contributed by atoms with Crippen molar-refractivity contribution < 1.29 is 12.6 Å². The third-order valence-electron chi connectivity index (χ3n) is 1.55. The van der Waals surface area contributed by atoms with Gasteiger partial charge in [-0.1, -0.05) is 0 Å². The summed E-state index contributed by atoms with van der Waals surface area (Å²) in [7, 11) is -2.00. The molecule has 0 amide bonds. The summed E-state index contributed by atoms with van der Waals surface area (Å²) in [5.41, 5.74) is 0.639. The van der Waals surface area contributed by atoms with Crippen LogP contribution in [0.3, 0.4) is 0 Å². The molecule has 1 heterocycles. The van der Waals surface area contributed by atoms with E-state index < -0.39 is 10.3 Å². The molecule has 0 spiro atoms. The lowest BCUT2D eigenvalue weighted by molar-refractivity contribution is 0.404. The fraction of sp³-hybridized carbons (Fsp3) is 0.600. The summed E-state index contributed by atoms with van der Waals surface area (Å²) in [6, 6.07) is 0. The smallest absolute Gasteiger partial charge is 0.370 e. The Balaban J connectivity index is 3.10. The molecule has 1 aliphatic heterocycles. The molecule has 1 rings (SSSR count). The highest BCUT2D eigenvalue weighted by Gasteiger charge is 2.29. The van der Waals surface area contributed by atoms with E-state index >= 15 is 0 Å². The number of nitrogens with zero attached hydrogens (tertiary/aromatic N) is 1. The Kier molecular flexibility index (Phi) is 1.39. The first-order valence-electron chi connectivity index (χ1n) is 2.81. The summed E-state index contributed by atoms with van der Waals surface area (Å²) < 4.78 is 27.4. The van der Waals surface area contributed by atoms with Crippen LogP contribution in [0, 0.1) is 0 Å². The van der Waals surface area contributed by atoms with Crippen molar-refractivity contribution in [3.8, 4) is 0 Å². The van der Waals surface area contributed by atoms with Gasteiger partial charge in [-0.05, 0) is 13.8 Å². The van der Waals surface area contributed by atoms with Crippen LogP contribution in [0.5, 0.6) is 0 Å². The normalized spacial score (nSPS) is 23.3. The molecule has 0 bridgehead atoms. The van der Waals surface area contributed by atoms with Gasteiger partial charge in [-0.25, -0.2) is 4.31 Å². The van der Waals surface area contributed by atoms with Crippen LogP contribution in [0.25, 0.3) is 0 Å². The topological polar surface area (TPSA) is 46.6 Å². The van der Waals surface area contributed by atoms with Crippen molar-refractivity contribution in [2.75, 3.05) is 7.05 Å². The molecule has 0 atom stereocenters. The third-order valence-corrected chi connectivity index (χ3v) is 2.95. The minimum atomic E-state index is -3.46. The number of hydrogen-bond acceptors (Lipinski definition) is 3. The molecule has 0 aromatic rings. The van der Waals surface area contributed by atoms with E-state index in [1.807, 2.05) is 0 Å². The zero-order valence-electron chi connectivity index (χ0n) is 6.08. The zero-order valence-corrected chi connectivity index (χ0v) is 6.90. The van der Waals surface area contributed by atoms with Gasteiger partial charge in [0.05, 0.1) is 5.70 Å². The predicted octanol–water partition coefficient (Wildman–Crippen LogP) is 0.445. The van der Waals surface area contributed by atoms with Crippen molar-refractivity contribution in [2.24, 2.45) is 0 Å². The van der Waals surface area contributed by atoms with Crippen LogP contribution in [-0.4, -0.2) is 19.8 Å². The van der Waals surface area contributed by atoms with Gasteiger partial charge in [0, 0.05) is 7.05 Å². The van der Waals surface area contributed by atoms with Crippen molar-refractivity contribution in [1.29, 1.82) is 0 Å². The highest BCUT2D eigenvalue weighted by atomic mass is 32.2. The van der Waals surface area contributed by atoms with Gasteiger partial charge < -0.3 is 4.18 Å².